The van der Waals surface area contributed by atoms with Gasteiger partial charge in [-0.05, 0) is 30.2 Å². The Hall–Kier alpha value is -2.47. The standard InChI is InChI=1S/C18H22N4O2/c1-24-14-15-6-2-3-7-16(15)18(23)22-11-5-10-21(12-13-22)17-8-4-9-19-20-17/h2-4,6-9H,5,10-14H2,1H3. The normalized spacial score (nSPS) is 15.2. The van der Waals surface area contributed by atoms with Gasteiger partial charge >= 0.3 is 0 Å². The van der Waals surface area contributed by atoms with E-state index in [9.17, 15) is 4.79 Å². The van der Waals surface area contributed by atoms with Crippen LogP contribution >= 0.6 is 0 Å². The molecule has 0 radical (unpaired) electrons. The van der Waals surface area contributed by atoms with Gasteiger partial charge in [0, 0.05) is 45.0 Å². The van der Waals surface area contributed by atoms with Crippen LogP contribution in [0.2, 0.25) is 0 Å². The van der Waals surface area contributed by atoms with Crippen LogP contribution in [0.15, 0.2) is 42.6 Å². The first-order chi connectivity index (χ1) is 11.8. The van der Waals surface area contributed by atoms with Gasteiger partial charge in [-0.3, -0.25) is 4.79 Å². The number of benzene rings is 1. The molecule has 0 atom stereocenters. The van der Waals surface area contributed by atoms with Gasteiger partial charge < -0.3 is 14.5 Å². The molecule has 1 fully saturated rings. The van der Waals surface area contributed by atoms with Crippen molar-refractivity contribution in [2.45, 2.75) is 13.0 Å². The lowest BCUT2D eigenvalue weighted by atomic mass is 10.1. The van der Waals surface area contributed by atoms with E-state index in [1.165, 1.54) is 0 Å². The zero-order chi connectivity index (χ0) is 16.8. The molecule has 1 amide bonds. The fraction of sp³-hybridized carbons (Fsp3) is 0.389. The van der Waals surface area contributed by atoms with E-state index in [0.717, 1.165) is 43.0 Å². The van der Waals surface area contributed by atoms with Crippen molar-refractivity contribution in [2.24, 2.45) is 0 Å². The molecule has 2 heterocycles. The lowest BCUT2D eigenvalue weighted by Gasteiger charge is -2.23. The summed E-state index contributed by atoms with van der Waals surface area (Å²) in [5, 5.41) is 8.10. The first-order valence-corrected chi connectivity index (χ1v) is 8.18. The Kier molecular flexibility index (Phi) is 5.38. The fourth-order valence-electron chi connectivity index (χ4n) is 2.99. The smallest absolute Gasteiger partial charge is 0.254 e. The topological polar surface area (TPSA) is 58.6 Å². The molecule has 1 saturated heterocycles. The minimum Gasteiger partial charge on any atom is -0.380 e. The largest absolute Gasteiger partial charge is 0.380 e. The van der Waals surface area contributed by atoms with Gasteiger partial charge in [0.1, 0.15) is 0 Å². The van der Waals surface area contributed by atoms with E-state index in [1.54, 1.807) is 13.3 Å². The lowest BCUT2D eigenvalue weighted by Crippen LogP contribution is -2.36. The highest BCUT2D eigenvalue weighted by Crippen LogP contribution is 2.16. The second-order valence-electron chi connectivity index (χ2n) is 5.80. The van der Waals surface area contributed by atoms with Crippen LogP contribution in [-0.2, 0) is 11.3 Å². The van der Waals surface area contributed by atoms with E-state index >= 15 is 0 Å². The van der Waals surface area contributed by atoms with Crippen LogP contribution in [0.25, 0.3) is 0 Å². The lowest BCUT2D eigenvalue weighted by molar-refractivity contribution is 0.0762. The van der Waals surface area contributed by atoms with Crippen LogP contribution in [-0.4, -0.2) is 54.3 Å². The van der Waals surface area contributed by atoms with Gasteiger partial charge in [-0.2, -0.15) is 5.10 Å². The molecule has 0 spiro atoms. The number of carbonyl (C=O) groups excluding carboxylic acids is 1. The van der Waals surface area contributed by atoms with Gasteiger partial charge in [0.25, 0.3) is 5.91 Å². The van der Waals surface area contributed by atoms with Gasteiger partial charge in [-0.1, -0.05) is 18.2 Å². The number of ether oxygens (including phenoxy) is 1. The maximum Gasteiger partial charge on any atom is 0.254 e. The zero-order valence-corrected chi connectivity index (χ0v) is 13.9. The Morgan fingerprint density at radius 2 is 2.00 bits per heavy atom. The van der Waals surface area contributed by atoms with Crippen molar-refractivity contribution in [2.75, 3.05) is 38.2 Å². The molecule has 126 valence electrons. The third-order valence-electron chi connectivity index (χ3n) is 4.21. The van der Waals surface area contributed by atoms with Crippen LogP contribution in [0.5, 0.6) is 0 Å². The van der Waals surface area contributed by atoms with Gasteiger partial charge in [0.15, 0.2) is 5.82 Å². The summed E-state index contributed by atoms with van der Waals surface area (Å²) in [7, 11) is 1.64. The predicted octanol–water partition coefficient (Wildman–Crippen LogP) is 1.98. The van der Waals surface area contributed by atoms with Gasteiger partial charge in [-0.25, -0.2) is 0 Å². The summed E-state index contributed by atoms with van der Waals surface area (Å²) >= 11 is 0. The van der Waals surface area contributed by atoms with E-state index in [2.05, 4.69) is 15.1 Å². The van der Waals surface area contributed by atoms with Crippen LogP contribution < -0.4 is 4.90 Å². The Balaban J connectivity index is 1.71. The third-order valence-corrected chi connectivity index (χ3v) is 4.21. The van der Waals surface area contributed by atoms with Crippen molar-refractivity contribution in [1.29, 1.82) is 0 Å². The van der Waals surface area contributed by atoms with Crippen molar-refractivity contribution in [1.82, 2.24) is 15.1 Å². The SMILES string of the molecule is COCc1ccccc1C(=O)N1CCCN(c2cccnn2)CC1. The molecule has 6 nitrogen and oxygen atoms in total. The van der Waals surface area contributed by atoms with Crippen LogP contribution in [0.1, 0.15) is 22.3 Å². The maximum absolute atomic E-state index is 12.9. The molecule has 0 bridgehead atoms. The van der Waals surface area contributed by atoms with Crippen LogP contribution in [0, 0.1) is 0 Å². The highest BCUT2D eigenvalue weighted by molar-refractivity contribution is 5.95. The molecule has 0 aliphatic carbocycles. The summed E-state index contributed by atoms with van der Waals surface area (Å²) in [6.07, 6.45) is 2.58. The fourth-order valence-corrected chi connectivity index (χ4v) is 2.99. The summed E-state index contributed by atoms with van der Waals surface area (Å²) in [5.41, 5.74) is 1.66. The van der Waals surface area contributed by atoms with Gasteiger partial charge in [0.2, 0.25) is 0 Å². The Morgan fingerprint density at radius 1 is 1.12 bits per heavy atom. The van der Waals surface area contributed by atoms with Crippen LogP contribution in [0.4, 0.5) is 5.82 Å². The number of carbonyl (C=O) groups is 1. The van der Waals surface area contributed by atoms with Crippen LogP contribution in [0.3, 0.4) is 0 Å². The molecule has 1 aliphatic rings. The summed E-state index contributed by atoms with van der Waals surface area (Å²) in [5.74, 6) is 0.940. The number of hydrogen-bond donors (Lipinski definition) is 0. The molecule has 1 aromatic carbocycles. The average Bonchev–Trinajstić information content (AvgIpc) is 2.89. The van der Waals surface area contributed by atoms with Crippen molar-refractivity contribution in [3.63, 3.8) is 0 Å². The Labute approximate surface area is 142 Å². The number of methoxy groups -OCH3 is 1. The first-order valence-electron chi connectivity index (χ1n) is 8.18. The number of nitrogens with zero attached hydrogens (tertiary/aromatic N) is 4. The van der Waals surface area contributed by atoms with Crippen molar-refractivity contribution < 1.29 is 9.53 Å². The zero-order valence-electron chi connectivity index (χ0n) is 13.9. The van der Waals surface area contributed by atoms with E-state index in [1.807, 2.05) is 41.3 Å². The van der Waals surface area contributed by atoms with Gasteiger partial charge in [0.05, 0.1) is 6.61 Å². The van der Waals surface area contributed by atoms with E-state index in [-0.39, 0.29) is 5.91 Å². The molecule has 2 aromatic rings. The molecule has 0 N–H and O–H groups in total. The number of amides is 1. The molecule has 0 saturated carbocycles. The van der Waals surface area contributed by atoms with E-state index in [4.69, 9.17) is 4.74 Å². The van der Waals surface area contributed by atoms with E-state index in [0.29, 0.717) is 13.2 Å². The first kappa shape index (κ1) is 16.4. The Morgan fingerprint density at radius 3 is 2.79 bits per heavy atom. The Bertz CT molecular complexity index is 678. The molecule has 0 unspecified atom stereocenters. The quantitative estimate of drug-likeness (QED) is 0.860. The number of rotatable bonds is 4. The molecule has 3 rings (SSSR count). The maximum atomic E-state index is 12.9. The predicted molar refractivity (Wildman–Crippen MR) is 91.9 cm³/mol. The molecule has 24 heavy (non-hydrogen) atoms. The molecule has 1 aromatic heterocycles. The third kappa shape index (κ3) is 3.71. The summed E-state index contributed by atoms with van der Waals surface area (Å²) < 4.78 is 5.21. The monoisotopic (exact) mass is 326 g/mol. The van der Waals surface area contributed by atoms with Crippen molar-refractivity contribution in [3.8, 4) is 0 Å². The highest BCUT2D eigenvalue weighted by atomic mass is 16.5. The van der Waals surface area contributed by atoms with Gasteiger partial charge in [-0.15, -0.1) is 5.10 Å². The van der Waals surface area contributed by atoms with Crippen molar-refractivity contribution in [3.05, 3.63) is 53.7 Å². The minimum atomic E-state index is 0.0728. The number of hydrogen-bond acceptors (Lipinski definition) is 5. The van der Waals surface area contributed by atoms with Crippen molar-refractivity contribution >= 4 is 11.7 Å². The van der Waals surface area contributed by atoms with E-state index < -0.39 is 0 Å². The molecule has 6 heteroatoms. The second-order valence-corrected chi connectivity index (χ2v) is 5.80. The average molecular weight is 326 g/mol. The molecule has 1 aliphatic heterocycles. The minimum absolute atomic E-state index is 0.0728. The number of anilines is 1. The summed E-state index contributed by atoms with van der Waals surface area (Å²) in [4.78, 5) is 17.0. The molecular weight excluding hydrogens is 304 g/mol. The molecular formula is C18H22N4O2. The summed E-state index contributed by atoms with van der Waals surface area (Å²) in [6, 6.07) is 11.5. The second kappa shape index (κ2) is 7.88. The summed E-state index contributed by atoms with van der Waals surface area (Å²) in [6.45, 7) is 3.51. The number of aromatic nitrogens is 2. The highest BCUT2D eigenvalue weighted by Gasteiger charge is 2.22.